The van der Waals surface area contributed by atoms with Gasteiger partial charge in [-0.25, -0.2) is 0 Å². The molecular formula is C17H10BrN3O3S. The predicted octanol–water partition coefficient (Wildman–Crippen LogP) is 4.62. The van der Waals surface area contributed by atoms with Crippen molar-refractivity contribution in [1.82, 2.24) is 4.98 Å². The van der Waals surface area contributed by atoms with Crippen molar-refractivity contribution < 1.29 is 4.92 Å². The van der Waals surface area contributed by atoms with Gasteiger partial charge in [0, 0.05) is 37.6 Å². The highest BCUT2D eigenvalue weighted by Crippen LogP contribution is 2.36. The first-order valence-corrected chi connectivity index (χ1v) is 8.70. The fourth-order valence-corrected chi connectivity index (χ4v) is 3.93. The van der Waals surface area contributed by atoms with E-state index >= 15 is 0 Å². The van der Waals surface area contributed by atoms with Crippen LogP contribution in [0.4, 0.5) is 5.69 Å². The minimum Gasteiger partial charge on any atom is -0.321 e. The Labute approximate surface area is 154 Å². The van der Waals surface area contributed by atoms with Crippen molar-refractivity contribution in [3.05, 3.63) is 71.8 Å². The van der Waals surface area contributed by atoms with Crippen molar-refractivity contribution in [3.63, 3.8) is 0 Å². The maximum absolute atomic E-state index is 12.3. The topological polar surface area (TPSA) is 99.8 Å². The molecule has 2 aromatic heterocycles. The van der Waals surface area contributed by atoms with E-state index in [1.165, 1.54) is 23.5 Å². The van der Waals surface area contributed by atoms with Gasteiger partial charge in [0.15, 0.2) is 0 Å². The summed E-state index contributed by atoms with van der Waals surface area (Å²) in [7, 11) is 0. The first-order valence-electron chi connectivity index (χ1n) is 7.09. The summed E-state index contributed by atoms with van der Waals surface area (Å²) in [6, 6.07) is 11.4. The number of thiophene rings is 1. The van der Waals surface area contributed by atoms with Gasteiger partial charge in [0.2, 0.25) is 0 Å². The Morgan fingerprint density at radius 2 is 1.96 bits per heavy atom. The quantitative estimate of drug-likeness (QED) is 0.497. The number of hydrogen-bond acceptors (Lipinski definition) is 5. The highest BCUT2D eigenvalue weighted by Gasteiger charge is 2.15. The first kappa shape index (κ1) is 17.1. The van der Waals surface area contributed by atoms with Gasteiger partial charge in [-0.1, -0.05) is 0 Å². The molecule has 0 aliphatic rings. The lowest BCUT2D eigenvalue weighted by atomic mass is 10.0. The zero-order valence-corrected chi connectivity index (χ0v) is 15.3. The monoisotopic (exact) mass is 415 g/mol. The van der Waals surface area contributed by atoms with Gasteiger partial charge in [0.1, 0.15) is 11.6 Å². The lowest BCUT2D eigenvalue weighted by Crippen LogP contribution is -2.12. The zero-order valence-electron chi connectivity index (χ0n) is 12.9. The number of aryl methyl sites for hydroxylation is 1. The van der Waals surface area contributed by atoms with Gasteiger partial charge in [-0.3, -0.25) is 14.9 Å². The smallest absolute Gasteiger partial charge is 0.269 e. The molecule has 0 saturated heterocycles. The van der Waals surface area contributed by atoms with Crippen molar-refractivity contribution in [1.29, 1.82) is 5.26 Å². The summed E-state index contributed by atoms with van der Waals surface area (Å²) < 4.78 is 0.911. The SMILES string of the molecule is Cc1sc(-c2cc(-c3ccc([N+](=O)[O-])cc3)[nH]c(=O)c2C#N)cc1Br. The molecule has 0 radical (unpaired) electrons. The molecule has 1 N–H and O–H groups in total. The molecule has 0 atom stereocenters. The maximum atomic E-state index is 12.3. The number of nitro benzene ring substituents is 1. The van der Waals surface area contributed by atoms with E-state index in [4.69, 9.17) is 0 Å². The largest absolute Gasteiger partial charge is 0.321 e. The Hall–Kier alpha value is -2.76. The second-order valence-corrected chi connectivity index (χ2v) is 7.34. The van der Waals surface area contributed by atoms with E-state index < -0.39 is 10.5 Å². The van der Waals surface area contributed by atoms with E-state index in [1.807, 2.05) is 19.1 Å². The molecule has 6 nitrogen and oxygen atoms in total. The fourth-order valence-electron chi connectivity index (χ4n) is 2.38. The van der Waals surface area contributed by atoms with Crippen LogP contribution >= 0.6 is 27.3 Å². The molecule has 1 aromatic carbocycles. The number of nitrogens with zero attached hydrogens (tertiary/aromatic N) is 2. The molecule has 0 bridgehead atoms. The number of nitriles is 1. The average molecular weight is 416 g/mol. The molecule has 0 amide bonds. The van der Waals surface area contributed by atoms with Crippen LogP contribution in [0.15, 0.2) is 45.7 Å². The molecule has 3 aromatic rings. The van der Waals surface area contributed by atoms with Crippen molar-refractivity contribution in [2.45, 2.75) is 6.92 Å². The van der Waals surface area contributed by atoms with E-state index in [-0.39, 0.29) is 11.3 Å². The van der Waals surface area contributed by atoms with Gasteiger partial charge in [-0.15, -0.1) is 11.3 Å². The second-order valence-electron chi connectivity index (χ2n) is 5.23. The third-order valence-electron chi connectivity index (χ3n) is 3.66. The summed E-state index contributed by atoms with van der Waals surface area (Å²) in [5.74, 6) is 0. The van der Waals surface area contributed by atoms with Crippen molar-refractivity contribution in [3.8, 4) is 27.8 Å². The van der Waals surface area contributed by atoms with E-state index in [2.05, 4.69) is 20.9 Å². The molecule has 0 fully saturated rings. The number of non-ortho nitro benzene ring substituents is 1. The number of hydrogen-bond donors (Lipinski definition) is 1. The summed E-state index contributed by atoms with van der Waals surface area (Å²) in [5.41, 5.74) is 1.18. The molecule has 0 unspecified atom stereocenters. The van der Waals surface area contributed by atoms with Gasteiger partial charge in [-0.2, -0.15) is 5.26 Å². The Kier molecular flexibility index (Phi) is 4.53. The van der Waals surface area contributed by atoms with Crippen molar-refractivity contribution in [2.75, 3.05) is 0 Å². The molecule has 8 heteroatoms. The number of aromatic amines is 1. The summed E-state index contributed by atoms with van der Waals surface area (Å²) in [5, 5.41) is 20.1. The van der Waals surface area contributed by atoms with Crippen LogP contribution in [0.2, 0.25) is 0 Å². The van der Waals surface area contributed by atoms with E-state index in [0.717, 1.165) is 14.2 Å². The number of benzene rings is 1. The Morgan fingerprint density at radius 3 is 2.48 bits per heavy atom. The lowest BCUT2D eigenvalue weighted by molar-refractivity contribution is -0.384. The molecule has 3 rings (SSSR count). The van der Waals surface area contributed by atoms with Gasteiger partial charge in [-0.05, 0) is 52.7 Å². The van der Waals surface area contributed by atoms with Crippen LogP contribution in [0, 0.1) is 28.4 Å². The summed E-state index contributed by atoms with van der Waals surface area (Å²) >= 11 is 4.92. The Balaban J connectivity index is 2.18. The van der Waals surface area contributed by atoms with Gasteiger partial charge in [0.05, 0.1) is 4.92 Å². The number of halogens is 1. The summed E-state index contributed by atoms with van der Waals surface area (Å²) in [4.78, 5) is 27.1. The summed E-state index contributed by atoms with van der Waals surface area (Å²) in [6.45, 7) is 1.94. The molecule has 2 heterocycles. The van der Waals surface area contributed by atoms with Crippen LogP contribution in [0.3, 0.4) is 0 Å². The minimum atomic E-state index is -0.490. The standard InChI is InChI=1S/C17H10BrN3O3S/c1-9-14(18)7-16(25-9)12-6-15(20-17(22)13(12)8-19)10-2-4-11(5-3-10)21(23)24/h2-7H,1H3,(H,20,22). The molecule has 25 heavy (non-hydrogen) atoms. The van der Waals surface area contributed by atoms with Gasteiger partial charge < -0.3 is 4.98 Å². The molecular weight excluding hydrogens is 406 g/mol. The van der Waals surface area contributed by atoms with E-state index in [0.29, 0.717) is 16.8 Å². The maximum Gasteiger partial charge on any atom is 0.269 e. The van der Waals surface area contributed by atoms with Gasteiger partial charge >= 0.3 is 0 Å². The number of nitrogens with one attached hydrogen (secondary N) is 1. The third kappa shape index (κ3) is 3.24. The predicted molar refractivity (Wildman–Crippen MR) is 99.6 cm³/mol. The Morgan fingerprint density at radius 1 is 1.28 bits per heavy atom. The Bertz CT molecular complexity index is 1060. The van der Waals surface area contributed by atoms with Crippen LogP contribution in [0.25, 0.3) is 21.7 Å². The minimum absolute atomic E-state index is 0.0298. The number of aromatic nitrogens is 1. The van der Waals surface area contributed by atoms with Crippen LogP contribution < -0.4 is 5.56 Å². The summed E-state index contributed by atoms with van der Waals surface area (Å²) in [6.07, 6.45) is 0. The molecule has 0 aliphatic carbocycles. The number of nitro groups is 1. The lowest BCUT2D eigenvalue weighted by Gasteiger charge is -2.06. The second kappa shape index (κ2) is 6.63. The number of rotatable bonds is 3. The van der Waals surface area contributed by atoms with E-state index in [1.54, 1.807) is 18.2 Å². The molecule has 124 valence electrons. The first-order chi connectivity index (χ1) is 11.9. The molecule has 0 spiro atoms. The highest BCUT2D eigenvalue weighted by atomic mass is 79.9. The van der Waals surface area contributed by atoms with Crippen LogP contribution in [0.1, 0.15) is 10.4 Å². The fraction of sp³-hybridized carbons (Fsp3) is 0.0588. The normalized spacial score (nSPS) is 10.4. The third-order valence-corrected chi connectivity index (χ3v) is 5.83. The molecule has 0 saturated carbocycles. The van der Waals surface area contributed by atoms with Crippen LogP contribution in [-0.2, 0) is 0 Å². The van der Waals surface area contributed by atoms with Crippen LogP contribution in [-0.4, -0.2) is 9.91 Å². The van der Waals surface area contributed by atoms with Crippen molar-refractivity contribution >= 4 is 33.0 Å². The van der Waals surface area contributed by atoms with E-state index in [9.17, 15) is 20.2 Å². The number of pyridine rings is 1. The average Bonchev–Trinajstić information content (AvgIpc) is 2.93. The molecule has 0 aliphatic heterocycles. The van der Waals surface area contributed by atoms with Crippen LogP contribution in [0.5, 0.6) is 0 Å². The van der Waals surface area contributed by atoms with Crippen molar-refractivity contribution in [2.24, 2.45) is 0 Å². The zero-order chi connectivity index (χ0) is 18.1. The highest BCUT2D eigenvalue weighted by molar-refractivity contribution is 9.10. The van der Waals surface area contributed by atoms with Gasteiger partial charge in [0.25, 0.3) is 11.2 Å². The number of H-pyrrole nitrogens is 1.